The second kappa shape index (κ2) is 7.73. The number of amides is 1. The first kappa shape index (κ1) is 17.5. The minimum absolute atomic E-state index is 0.267. The van der Waals surface area contributed by atoms with Crippen molar-refractivity contribution in [2.75, 3.05) is 6.61 Å². The normalized spacial score (nSPS) is 10.6. The molecule has 0 aliphatic rings. The van der Waals surface area contributed by atoms with Gasteiger partial charge >= 0.3 is 0 Å². The van der Waals surface area contributed by atoms with Crippen LogP contribution < -0.4 is 10.1 Å². The van der Waals surface area contributed by atoms with Crippen molar-refractivity contribution in [2.24, 2.45) is 0 Å². The first-order valence-electron chi connectivity index (χ1n) is 8.12. The van der Waals surface area contributed by atoms with Crippen LogP contribution >= 0.6 is 0 Å². The molecule has 134 valence electrons. The molecule has 3 aromatic rings. The molecule has 7 nitrogen and oxygen atoms in total. The molecule has 0 atom stereocenters. The molecule has 2 heterocycles. The van der Waals surface area contributed by atoms with E-state index < -0.39 is 0 Å². The number of ether oxygens (including phenoxy) is 1. The largest absolute Gasteiger partial charge is 0.477 e. The van der Waals surface area contributed by atoms with Crippen LogP contribution in [0.1, 0.15) is 28.5 Å². The highest BCUT2D eigenvalue weighted by Gasteiger charge is 2.16. The molecule has 0 spiro atoms. The van der Waals surface area contributed by atoms with Crippen molar-refractivity contribution in [1.29, 1.82) is 0 Å². The maximum absolute atomic E-state index is 12.9. The molecule has 1 aromatic carbocycles. The van der Waals surface area contributed by atoms with Gasteiger partial charge < -0.3 is 10.1 Å². The van der Waals surface area contributed by atoms with Gasteiger partial charge in [0.1, 0.15) is 5.82 Å². The molecule has 0 aliphatic heterocycles. The van der Waals surface area contributed by atoms with Crippen LogP contribution in [0.2, 0.25) is 0 Å². The number of hydrogen-bond acceptors (Lipinski definition) is 5. The Morgan fingerprint density at radius 2 is 1.96 bits per heavy atom. The van der Waals surface area contributed by atoms with Gasteiger partial charge in [-0.3, -0.25) is 4.79 Å². The lowest BCUT2D eigenvalue weighted by atomic mass is 10.2. The van der Waals surface area contributed by atoms with E-state index in [-0.39, 0.29) is 11.7 Å². The predicted molar refractivity (Wildman–Crippen MR) is 92.6 cm³/mol. The SMILES string of the molecule is CCOc1ccc(-n2ncc(C(=O)NCc3ccc(F)cc3)c2C)nn1. The zero-order chi connectivity index (χ0) is 18.5. The van der Waals surface area contributed by atoms with E-state index in [1.165, 1.54) is 23.0 Å². The number of aromatic nitrogens is 4. The third-order valence-corrected chi connectivity index (χ3v) is 3.76. The Bertz CT molecular complexity index is 891. The molecule has 0 saturated heterocycles. The average Bonchev–Trinajstić information content (AvgIpc) is 3.03. The summed E-state index contributed by atoms with van der Waals surface area (Å²) in [6.07, 6.45) is 1.48. The van der Waals surface area contributed by atoms with E-state index in [0.717, 1.165) is 5.56 Å². The van der Waals surface area contributed by atoms with Crippen LogP contribution in [0.4, 0.5) is 4.39 Å². The standard InChI is InChI=1S/C18H18FN5O2/c1-3-26-17-9-8-16(22-23-17)24-12(2)15(11-21-24)18(25)20-10-13-4-6-14(19)7-5-13/h4-9,11H,3,10H2,1-2H3,(H,20,25). The van der Waals surface area contributed by atoms with Crippen molar-refractivity contribution in [3.63, 3.8) is 0 Å². The van der Waals surface area contributed by atoms with Gasteiger partial charge in [0.05, 0.1) is 24.1 Å². The van der Waals surface area contributed by atoms with Crippen molar-refractivity contribution in [3.05, 3.63) is 65.2 Å². The third-order valence-electron chi connectivity index (χ3n) is 3.76. The highest BCUT2D eigenvalue weighted by molar-refractivity contribution is 5.95. The predicted octanol–water partition coefficient (Wildman–Crippen LogP) is 2.44. The number of halogens is 1. The van der Waals surface area contributed by atoms with Crippen LogP contribution in [0.5, 0.6) is 5.88 Å². The van der Waals surface area contributed by atoms with Crippen molar-refractivity contribution >= 4 is 5.91 Å². The fraction of sp³-hybridized carbons (Fsp3) is 0.222. The molecule has 8 heteroatoms. The summed E-state index contributed by atoms with van der Waals surface area (Å²) >= 11 is 0. The Balaban J connectivity index is 1.71. The highest BCUT2D eigenvalue weighted by Crippen LogP contribution is 2.14. The second-order valence-electron chi connectivity index (χ2n) is 5.53. The Kier molecular flexibility index (Phi) is 5.21. The number of carbonyl (C=O) groups is 1. The monoisotopic (exact) mass is 355 g/mol. The van der Waals surface area contributed by atoms with Gasteiger partial charge in [-0.25, -0.2) is 9.07 Å². The van der Waals surface area contributed by atoms with E-state index in [4.69, 9.17) is 4.74 Å². The summed E-state index contributed by atoms with van der Waals surface area (Å²) < 4.78 is 19.7. The molecule has 26 heavy (non-hydrogen) atoms. The Labute approximate surface area is 149 Å². The highest BCUT2D eigenvalue weighted by atomic mass is 19.1. The van der Waals surface area contributed by atoms with E-state index in [0.29, 0.717) is 36.1 Å². The summed E-state index contributed by atoms with van der Waals surface area (Å²) in [5.74, 6) is 0.340. The zero-order valence-electron chi connectivity index (χ0n) is 14.4. The molecule has 0 bridgehead atoms. The molecule has 2 aromatic heterocycles. The van der Waals surface area contributed by atoms with Crippen LogP contribution in [-0.4, -0.2) is 32.5 Å². The van der Waals surface area contributed by atoms with Gasteiger partial charge in [-0.2, -0.15) is 5.10 Å². The Morgan fingerprint density at radius 3 is 2.62 bits per heavy atom. The van der Waals surface area contributed by atoms with E-state index in [9.17, 15) is 9.18 Å². The Hall–Kier alpha value is -3.29. The summed E-state index contributed by atoms with van der Waals surface area (Å²) in [4.78, 5) is 12.4. The molecule has 0 saturated carbocycles. The molecule has 1 N–H and O–H groups in total. The lowest BCUT2D eigenvalue weighted by molar-refractivity contribution is 0.0950. The molecule has 3 rings (SSSR count). The molecular weight excluding hydrogens is 337 g/mol. The van der Waals surface area contributed by atoms with Gasteiger partial charge in [0.2, 0.25) is 5.88 Å². The summed E-state index contributed by atoms with van der Waals surface area (Å²) in [7, 11) is 0. The third kappa shape index (κ3) is 3.85. The zero-order valence-corrected chi connectivity index (χ0v) is 14.4. The quantitative estimate of drug-likeness (QED) is 0.734. The van der Waals surface area contributed by atoms with E-state index >= 15 is 0 Å². The van der Waals surface area contributed by atoms with Crippen molar-refractivity contribution < 1.29 is 13.9 Å². The average molecular weight is 355 g/mol. The fourth-order valence-electron chi connectivity index (χ4n) is 2.39. The smallest absolute Gasteiger partial charge is 0.255 e. The van der Waals surface area contributed by atoms with E-state index in [1.54, 1.807) is 31.2 Å². The van der Waals surface area contributed by atoms with Gasteiger partial charge in [0, 0.05) is 12.6 Å². The number of rotatable bonds is 6. The van der Waals surface area contributed by atoms with Gasteiger partial charge in [-0.15, -0.1) is 10.2 Å². The topological polar surface area (TPSA) is 81.9 Å². The minimum Gasteiger partial charge on any atom is -0.477 e. The van der Waals surface area contributed by atoms with Crippen LogP contribution in [-0.2, 0) is 6.54 Å². The van der Waals surface area contributed by atoms with E-state index in [1.807, 2.05) is 6.92 Å². The molecule has 0 fully saturated rings. The van der Waals surface area contributed by atoms with Gasteiger partial charge in [0.15, 0.2) is 5.82 Å². The molecule has 0 aliphatic carbocycles. The van der Waals surface area contributed by atoms with E-state index in [2.05, 4.69) is 20.6 Å². The van der Waals surface area contributed by atoms with Crippen molar-refractivity contribution in [1.82, 2.24) is 25.3 Å². The number of carbonyl (C=O) groups excluding carboxylic acids is 1. The van der Waals surface area contributed by atoms with Crippen LogP contribution in [0.3, 0.4) is 0 Å². The number of benzene rings is 1. The van der Waals surface area contributed by atoms with Gasteiger partial charge in [0.25, 0.3) is 5.91 Å². The van der Waals surface area contributed by atoms with Crippen molar-refractivity contribution in [2.45, 2.75) is 20.4 Å². The number of hydrogen-bond donors (Lipinski definition) is 1. The van der Waals surface area contributed by atoms with Crippen LogP contribution in [0.25, 0.3) is 5.82 Å². The maximum atomic E-state index is 12.9. The molecular formula is C18H18FN5O2. The van der Waals surface area contributed by atoms with Crippen LogP contribution in [0, 0.1) is 12.7 Å². The second-order valence-corrected chi connectivity index (χ2v) is 5.53. The summed E-state index contributed by atoms with van der Waals surface area (Å²) in [5, 5.41) is 15.0. The minimum atomic E-state index is -0.311. The molecule has 1 amide bonds. The number of nitrogens with zero attached hydrogens (tertiary/aromatic N) is 4. The first-order chi connectivity index (χ1) is 12.6. The fourth-order valence-corrected chi connectivity index (χ4v) is 2.39. The molecule has 0 unspecified atom stereocenters. The lowest BCUT2D eigenvalue weighted by Crippen LogP contribution is -2.23. The van der Waals surface area contributed by atoms with Gasteiger partial charge in [-0.05, 0) is 37.6 Å². The lowest BCUT2D eigenvalue weighted by Gasteiger charge is -2.07. The maximum Gasteiger partial charge on any atom is 0.255 e. The van der Waals surface area contributed by atoms with Crippen molar-refractivity contribution in [3.8, 4) is 11.7 Å². The summed E-state index contributed by atoms with van der Waals surface area (Å²) in [6, 6.07) is 9.38. The summed E-state index contributed by atoms with van der Waals surface area (Å²) in [5.41, 5.74) is 1.88. The molecule has 0 radical (unpaired) electrons. The number of nitrogens with one attached hydrogen (secondary N) is 1. The first-order valence-corrected chi connectivity index (χ1v) is 8.12. The van der Waals surface area contributed by atoms with Crippen LogP contribution in [0.15, 0.2) is 42.6 Å². The van der Waals surface area contributed by atoms with Gasteiger partial charge in [-0.1, -0.05) is 12.1 Å². The summed E-state index contributed by atoms with van der Waals surface area (Å²) in [6.45, 7) is 4.45. The Morgan fingerprint density at radius 1 is 1.19 bits per heavy atom.